The van der Waals surface area contributed by atoms with Crippen LogP contribution in [0.5, 0.6) is 11.5 Å². The summed E-state index contributed by atoms with van der Waals surface area (Å²) < 4.78 is 11.3. The van der Waals surface area contributed by atoms with Gasteiger partial charge in [0.1, 0.15) is 6.61 Å². The highest BCUT2D eigenvalue weighted by molar-refractivity contribution is 5.85. The highest BCUT2D eigenvalue weighted by Crippen LogP contribution is 2.32. The number of rotatable bonds is 9. The third-order valence-electron chi connectivity index (χ3n) is 4.26. The first-order valence-electron chi connectivity index (χ1n) is 8.79. The van der Waals surface area contributed by atoms with Crippen LogP contribution in [0.3, 0.4) is 0 Å². The van der Waals surface area contributed by atoms with E-state index in [0.29, 0.717) is 30.4 Å². The number of benzene rings is 2. The second-order valence-electron chi connectivity index (χ2n) is 6.75. The molecule has 0 saturated carbocycles. The molecular weight excluding hydrogens is 350 g/mol. The average molecular weight is 380 g/mol. The smallest absolute Gasteiger partial charge is 0.161 e. The highest BCUT2D eigenvalue weighted by Gasteiger charge is 2.19. The fourth-order valence-corrected chi connectivity index (χ4v) is 2.65. The van der Waals surface area contributed by atoms with Gasteiger partial charge < -0.3 is 20.3 Å². The van der Waals surface area contributed by atoms with Gasteiger partial charge in [0.05, 0.1) is 19.3 Å². The summed E-state index contributed by atoms with van der Waals surface area (Å²) in [6.07, 6.45) is 1.07. The van der Waals surface area contributed by atoms with E-state index >= 15 is 0 Å². The minimum Gasteiger partial charge on any atom is -0.493 e. The van der Waals surface area contributed by atoms with Gasteiger partial charge in [0.25, 0.3) is 0 Å². The van der Waals surface area contributed by atoms with Crippen molar-refractivity contribution in [2.75, 3.05) is 7.11 Å². The molecule has 0 unspecified atom stereocenters. The second-order valence-corrected chi connectivity index (χ2v) is 6.75. The molecule has 144 valence electrons. The predicted octanol–water partition coefficient (Wildman–Crippen LogP) is 4.49. The van der Waals surface area contributed by atoms with Crippen LogP contribution < -0.4 is 15.2 Å². The summed E-state index contributed by atoms with van der Waals surface area (Å²) in [5.74, 6) is 1.84. The third kappa shape index (κ3) is 6.52. The molecule has 0 fully saturated rings. The molecule has 2 atom stereocenters. The van der Waals surface area contributed by atoms with Gasteiger partial charge in [-0.1, -0.05) is 50.2 Å². The molecule has 0 aliphatic rings. The highest BCUT2D eigenvalue weighted by atomic mass is 35.5. The number of hydrogen-bond acceptors (Lipinski definition) is 4. The first-order valence-corrected chi connectivity index (χ1v) is 8.79. The zero-order valence-corrected chi connectivity index (χ0v) is 16.5. The molecular formula is C21H30ClNO3. The minimum absolute atomic E-state index is 0. The standard InChI is InChI=1S/C21H29NO3.ClH/c1-15(2)9-11-18(23)21(22)17-10-12-19(20(13-17)24-3)25-14-16-7-5-4-6-8-16;/h4-8,10,12-13,15,18,21,23H,9,11,14,22H2,1-3H3;1H/t18-,21+;/m1./s1. The van der Waals surface area contributed by atoms with Crippen LogP contribution in [0.15, 0.2) is 48.5 Å². The van der Waals surface area contributed by atoms with Gasteiger partial charge in [0.15, 0.2) is 11.5 Å². The van der Waals surface area contributed by atoms with E-state index < -0.39 is 12.1 Å². The molecule has 26 heavy (non-hydrogen) atoms. The molecule has 0 heterocycles. The van der Waals surface area contributed by atoms with Crippen molar-refractivity contribution in [2.45, 2.75) is 45.4 Å². The largest absolute Gasteiger partial charge is 0.493 e. The summed E-state index contributed by atoms with van der Waals surface area (Å²) in [6.45, 7) is 4.75. The van der Waals surface area contributed by atoms with Crippen LogP contribution in [0, 0.1) is 5.92 Å². The van der Waals surface area contributed by atoms with Crippen molar-refractivity contribution >= 4 is 12.4 Å². The Balaban J connectivity index is 0.00000338. The molecule has 2 aromatic carbocycles. The van der Waals surface area contributed by atoms with Crippen molar-refractivity contribution in [1.29, 1.82) is 0 Å². The lowest BCUT2D eigenvalue weighted by molar-refractivity contribution is 0.128. The van der Waals surface area contributed by atoms with Gasteiger partial charge in [0.2, 0.25) is 0 Å². The fraction of sp³-hybridized carbons (Fsp3) is 0.429. The van der Waals surface area contributed by atoms with Gasteiger partial charge in [-0.15, -0.1) is 12.4 Å². The third-order valence-corrected chi connectivity index (χ3v) is 4.26. The average Bonchev–Trinajstić information content (AvgIpc) is 2.64. The number of nitrogens with two attached hydrogens (primary N) is 1. The van der Waals surface area contributed by atoms with E-state index in [-0.39, 0.29) is 12.4 Å². The van der Waals surface area contributed by atoms with E-state index in [4.69, 9.17) is 15.2 Å². The molecule has 0 aliphatic heterocycles. The lowest BCUT2D eigenvalue weighted by Crippen LogP contribution is -2.26. The molecule has 0 aliphatic carbocycles. The number of methoxy groups -OCH3 is 1. The van der Waals surface area contributed by atoms with E-state index in [1.165, 1.54) is 0 Å². The zero-order chi connectivity index (χ0) is 18.2. The Labute approximate surface area is 162 Å². The Morgan fingerprint density at radius 3 is 2.31 bits per heavy atom. The number of ether oxygens (including phenoxy) is 2. The summed E-state index contributed by atoms with van der Waals surface area (Å²) in [7, 11) is 1.61. The van der Waals surface area contributed by atoms with Crippen molar-refractivity contribution in [3.63, 3.8) is 0 Å². The van der Waals surface area contributed by atoms with E-state index in [1.807, 2.05) is 48.5 Å². The van der Waals surface area contributed by atoms with Crippen LogP contribution in [0.25, 0.3) is 0 Å². The molecule has 0 aromatic heterocycles. The molecule has 3 N–H and O–H groups in total. The topological polar surface area (TPSA) is 64.7 Å². The predicted molar refractivity (Wildman–Crippen MR) is 108 cm³/mol. The fourth-order valence-electron chi connectivity index (χ4n) is 2.65. The summed E-state index contributed by atoms with van der Waals surface area (Å²) in [6, 6.07) is 15.1. The monoisotopic (exact) mass is 379 g/mol. The Morgan fingerprint density at radius 2 is 1.69 bits per heavy atom. The Bertz CT molecular complexity index is 649. The summed E-state index contributed by atoms with van der Waals surface area (Å²) in [4.78, 5) is 0. The molecule has 0 spiro atoms. The van der Waals surface area contributed by atoms with Crippen molar-refractivity contribution in [3.8, 4) is 11.5 Å². The molecule has 4 nitrogen and oxygen atoms in total. The normalized spacial score (nSPS) is 13.0. The number of halogens is 1. The Morgan fingerprint density at radius 1 is 1.00 bits per heavy atom. The van der Waals surface area contributed by atoms with Crippen LogP contribution in [0.2, 0.25) is 0 Å². The van der Waals surface area contributed by atoms with Gasteiger partial charge in [0, 0.05) is 0 Å². The molecule has 0 bridgehead atoms. The molecule has 0 saturated heterocycles. The first kappa shape index (κ1) is 22.3. The summed E-state index contributed by atoms with van der Waals surface area (Å²) in [5.41, 5.74) is 8.16. The van der Waals surface area contributed by atoms with Crippen LogP contribution >= 0.6 is 12.4 Å². The lowest BCUT2D eigenvalue weighted by Gasteiger charge is -2.21. The maximum Gasteiger partial charge on any atom is 0.161 e. The lowest BCUT2D eigenvalue weighted by atomic mass is 9.96. The molecule has 2 rings (SSSR count). The zero-order valence-electron chi connectivity index (χ0n) is 15.7. The first-order chi connectivity index (χ1) is 12.0. The van der Waals surface area contributed by atoms with Gasteiger partial charge in [-0.05, 0) is 42.0 Å². The van der Waals surface area contributed by atoms with Crippen LogP contribution in [-0.2, 0) is 6.61 Å². The molecule has 0 amide bonds. The Hall–Kier alpha value is -1.75. The van der Waals surface area contributed by atoms with E-state index in [0.717, 1.165) is 17.5 Å². The second kappa shape index (κ2) is 11.1. The van der Waals surface area contributed by atoms with Crippen molar-refractivity contribution in [2.24, 2.45) is 11.7 Å². The van der Waals surface area contributed by atoms with Crippen LogP contribution in [-0.4, -0.2) is 18.3 Å². The number of aliphatic hydroxyl groups is 1. The van der Waals surface area contributed by atoms with Gasteiger partial charge >= 0.3 is 0 Å². The maximum atomic E-state index is 10.3. The van der Waals surface area contributed by atoms with E-state index in [2.05, 4.69) is 13.8 Å². The summed E-state index contributed by atoms with van der Waals surface area (Å²) in [5, 5.41) is 10.3. The van der Waals surface area contributed by atoms with E-state index in [9.17, 15) is 5.11 Å². The molecule has 2 aromatic rings. The van der Waals surface area contributed by atoms with Gasteiger partial charge in [-0.3, -0.25) is 0 Å². The quantitative estimate of drug-likeness (QED) is 0.673. The van der Waals surface area contributed by atoms with Crippen LogP contribution in [0.1, 0.15) is 43.9 Å². The maximum absolute atomic E-state index is 10.3. The van der Waals surface area contributed by atoms with Crippen molar-refractivity contribution in [3.05, 3.63) is 59.7 Å². The Kier molecular flexibility index (Phi) is 9.49. The van der Waals surface area contributed by atoms with Gasteiger partial charge in [-0.25, -0.2) is 0 Å². The minimum atomic E-state index is -0.566. The van der Waals surface area contributed by atoms with E-state index in [1.54, 1.807) is 7.11 Å². The van der Waals surface area contributed by atoms with Crippen LogP contribution in [0.4, 0.5) is 0 Å². The summed E-state index contributed by atoms with van der Waals surface area (Å²) >= 11 is 0. The van der Waals surface area contributed by atoms with Crippen molar-refractivity contribution < 1.29 is 14.6 Å². The van der Waals surface area contributed by atoms with Crippen molar-refractivity contribution in [1.82, 2.24) is 0 Å². The number of aliphatic hydroxyl groups excluding tert-OH is 1. The molecule has 0 radical (unpaired) electrons. The number of hydrogen-bond donors (Lipinski definition) is 2. The SMILES string of the molecule is COc1cc([C@H](N)[C@H](O)CCC(C)C)ccc1OCc1ccccc1.Cl. The van der Waals surface area contributed by atoms with Gasteiger partial charge in [-0.2, -0.15) is 0 Å². The molecule has 5 heteroatoms.